The monoisotopic (exact) mass is 441 g/mol. The molecule has 11 heteroatoms. The normalized spacial score (nSPS) is 11.3. The van der Waals surface area contributed by atoms with Crippen LogP contribution in [0.15, 0.2) is 41.3 Å². The Kier molecular flexibility index (Phi) is 5.58. The number of amides is 1. The van der Waals surface area contributed by atoms with Crippen LogP contribution in [-0.2, 0) is 10.0 Å². The summed E-state index contributed by atoms with van der Waals surface area (Å²) in [6.45, 7) is 1.41. The molecular formula is C18H14ClF2N3O4S. The SMILES string of the molecule is COc1ccc(Cl)c(S(=O)(=O)NC(=O)c2nc(-c3c(F)cccc3F)[nH]c2C)c1. The van der Waals surface area contributed by atoms with Crippen molar-refractivity contribution in [3.63, 3.8) is 0 Å². The van der Waals surface area contributed by atoms with Gasteiger partial charge in [-0.05, 0) is 31.2 Å². The minimum atomic E-state index is -4.37. The Morgan fingerprint density at radius 2 is 1.86 bits per heavy atom. The largest absolute Gasteiger partial charge is 0.497 e. The van der Waals surface area contributed by atoms with Crippen molar-refractivity contribution >= 4 is 27.5 Å². The Labute approximate surface area is 169 Å². The number of aryl methyl sites for hydroxylation is 1. The number of imidazole rings is 1. The first-order valence-corrected chi connectivity index (χ1v) is 9.92. The Bertz CT molecular complexity index is 1190. The van der Waals surface area contributed by atoms with Crippen molar-refractivity contribution in [2.24, 2.45) is 0 Å². The van der Waals surface area contributed by atoms with E-state index in [0.717, 1.165) is 18.2 Å². The average Bonchev–Trinajstić information content (AvgIpc) is 3.03. The number of nitrogens with zero attached hydrogens (tertiary/aromatic N) is 1. The van der Waals surface area contributed by atoms with E-state index in [1.807, 2.05) is 4.72 Å². The Morgan fingerprint density at radius 3 is 2.48 bits per heavy atom. The van der Waals surface area contributed by atoms with Gasteiger partial charge in [0.1, 0.15) is 28.1 Å². The van der Waals surface area contributed by atoms with Crippen LogP contribution >= 0.6 is 11.6 Å². The van der Waals surface area contributed by atoms with E-state index in [4.69, 9.17) is 16.3 Å². The number of rotatable bonds is 5. The quantitative estimate of drug-likeness (QED) is 0.631. The highest BCUT2D eigenvalue weighted by Gasteiger charge is 2.26. The number of methoxy groups -OCH3 is 1. The van der Waals surface area contributed by atoms with Crippen molar-refractivity contribution in [3.05, 3.63) is 64.4 Å². The van der Waals surface area contributed by atoms with Gasteiger partial charge in [0, 0.05) is 11.8 Å². The molecule has 1 heterocycles. The Morgan fingerprint density at radius 1 is 1.21 bits per heavy atom. The molecule has 0 aliphatic rings. The second-order valence-electron chi connectivity index (χ2n) is 5.89. The Balaban J connectivity index is 1.95. The fourth-order valence-electron chi connectivity index (χ4n) is 2.57. The number of aromatic nitrogens is 2. The molecule has 29 heavy (non-hydrogen) atoms. The number of benzene rings is 2. The van der Waals surface area contributed by atoms with Crippen molar-refractivity contribution in [1.82, 2.24) is 14.7 Å². The van der Waals surface area contributed by atoms with E-state index < -0.39 is 33.1 Å². The van der Waals surface area contributed by atoms with Crippen LogP contribution in [0.25, 0.3) is 11.4 Å². The lowest BCUT2D eigenvalue weighted by atomic mass is 10.2. The van der Waals surface area contributed by atoms with Gasteiger partial charge in [-0.2, -0.15) is 0 Å². The zero-order chi connectivity index (χ0) is 21.3. The van der Waals surface area contributed by atoms with Gasteiger partial charge in [-0.1, -0.05) is 17.7 Å². The fraction of sp³-hybridized carbons (Fsp3) is 0.111. The maximum atomic E-state index is 14.0. The third kappa shape index (κ3) is 4.08. The maximum Gasteiger partial charge on any atom is 0.285 e. The molecule has 1 amide bonds. The van der Waals surface area contributed by atoms with Gasteiger partial charge in [-0.15, -0.1) is 0 Å². The lowest BCUT2D eigenvalue weighted by Crippen LogP contribution is -2.31. The van der Waals surface area contributed by atoms with Crippen LogP contribution in [0.2, 0.25) is 5.02 Å². The molecule has 1 aromatic heterocycles. The lowest BCUT2D eigenvalue weighted by Gasteiger charge is -2.09. The summed E-state index contributed by atoms with van der Waals surface area (Å²) in [5.41, 5.74) is -0.689. The van der Waals surface area contributed by atoms with E-state index in [2.05, 4.69) is 9.97 Å². The molecule has 3 aromatic rings. The summed E-state index contributed by atoms with van der Waals surface area (Å²) in [7, 11) is -3.03. The maximum absolute atomic E-state index is 14.0. The fourth-order valence-corrected chi connectivity index (χ4v) is 4.03. The second kappa shape index (κ2) is 7.80. The first-order chi connectivity index (χ1) is 13.6. The van der Waals surface area contributed by atoms with Crippen LogP contribution in [0.5, 0.6) is 5.75 Å². The topological polar surface area (TPSA) is 101 Å². The number of hydrogen-bond acceptors (Lipinski definition) is 5. The molecule has 2 aromatic carbocycles. The zero-order valence-electron chi connectivity index (χ0n) is 15.1. The molecule has 0 radical (unpaired) electrons. The standard InChI is InChI=1S/C18H14ClF2N3O4S/c1-9-16(23-17(22-9)15-12(20)4-3-5-13(15)21)18(25)24-29(26,27)14-8-10(28-2)6-7-11(14)19/h3-8H,1-2H3,(H,22,23)(H,24,25). The molecule has 0 bridgehead atoms. The van der Waals surface area contributed by atoms with E-state index in [1.54, 1.807) is 0 Å². The van der Waals surface area contributed by atoms with E-state index in [0.29, 0.717) is 0 Å². The van der Waals surface area contributed by atoms with E-state index >= 15 is 0 Å². The summed E-state index contributed by atoms with van der Waals surface area (Å²) in [6, 6.07) is 7.16. The number of sulfonamides is 1. The molecule has 0 saturated carbocycles. The molecule has 0 aliphatic heterocycles. The van der Waals surface area contributed by atoms with Gasteiger partial charge < -0.3 is 9.72 Å². The highest BCUT2D eigenvalue weighted by atomic mass is 35.5. The molecule has 0 atom stereocenters. The van der Waals surface area contributed by atoms with Gasteiger partial charge >= 0.3 is 0 Å². The second-order valence-corrected chi connectivity index (χ2v) is 7.94. The number of halogens is 3. The molecule has 7 nitrogen and oxygen atoms in total. The van der Waals surface area contributed by atoms with Crippen LogP contribution in [0.3, 0.4) is 0 Å². The van der Waals surface area contributed by atoms with Gasteiger partial charge in [0.25, 0.3) is 15.9 Å². The first-order valence-electron chi connectivity index (χ1n) is 8.05. The minimum absolute atomic E-state index is 0.118. The van der Waals surface area contributed by atoms with Gasteiger partial charge in [-0.3, -0.25) is 4.79 Å². The summed E-state index contributed by atoms with van der Waals surface area (Å²) < 4.78 is 59.9. The zero-order valence-corrected chi connectivity index (χ0v) is 16.7. The number of hydrogen-bond donors (Lipinski definition) is 2. The minimum Gasteiger partial charge on any atom is -0.497 e. The molecule has 2 N–H and O–H groups in total. The summed E-state index contributed by atoms with van der Waals surface area (Å²) >= 11 is 5.93. The average molecular weight is 442 g/mol. The highest BCUT2D eigenvalue weighted by Crippen LogP contribution is 2.27. The van der Waals surface area contributed by atoms with E-state index in [1.165, 1.54) is 32.2 Å². The van der Waals surface area contributed by atoms with Crippen LogP contribution < -0.4 is 9.46 Å². The third-order valence-electron chi connectivity index (χ3n) is 3.95. The van der Waals surface area contributed by atoms with Crippen LogP contribution in [-0.4, -0.2) is 31.4 Å². The predicted octanol–water partition coefficient (Wildman–Crippen LogP) is 3.44. The molecule has 0 spiro atoms. The number of ether oxygens (including phenoxy) is 1. The third-order valence-corrected chi connectivity index (χ3v) is 5.77. The van der Waals surface area contributed by atoms with Gasteiger partial charge in [0.15, 0.2) is 5.69 Å². The number of aromatic amines is 1. The van der Waals surface area contributed by atoms with Crippen molar-refractivity contribution in [3.8, 4) is 17.1 Å². The lowest BCUT2D eigenvalue weighted by molar-refractivity contribution is 0.0976. The summed E-state index contributed by atoms with van der Waals surface area (Å²) in [6.07, 6.45) is 0. The molecule has 0 unspecified atom stereocenters. The Hall–Kier alpha value is -2.98. The van der Waals surface area contributed by atoms with E-state index in [9.17, 15) is 22.0 Å². The molecule has 0 aliphatic carbocycles. The smallest absolute Gasteiger partial charge is 0.285 e. The number of carbonyl (C=O) groups excluding carboxylic acids is 1. The van der Waals surface area contributed by atoms with Crippen molar-refractivity contribution in [2.45, 2.75) is 11.8 Å². The summed E-state index contributed by atoms with van der Waals surface area (Å²) in [5, 5.41) is -0.126. The van der Waals surface area contributed by atoms with Gasteiger partial charge in [-0.25, -0.2) is 26.9 Å². The summed E-state index contributed by atoms with van der Waals surface area (Å²) in [5.74, 6) is -2.90. The van der Waals surface area contributed by atoms with E-state index in [-0.39, 0.29) is 32.9 Å². The van der Waals surface area contributed by atoms with Crippen LogP contribution in [0.4, 0.5) is 8.78 Å². The molecule has 3 rings (SSSR count). The molecule has 152 valence electrons. The molecule has 0 fully saturated rings. The van der Waals surface area contributed by atoms with Crippen LogP contribution in [0.1, 0.15) is 16.2 Å². The van der Waals surface area contributed by atoms with Gasteiger partial charge in [0.2, 0.25) is 0 Å². The van der Waals surface area contributed by atoms with Crippen molar-refractivity contribution in [1.29, 1.82) is 0 Å². The molecular weight excluding hydrogens is 428 g/mol. The number of H-pyrrole nitrogens is 1. The predicted molar refractivity (Wildman–Crippen MR) is 101 cm³/mol. The van der Waals surface area contributed by atoms with Crippen LogP contribution in [0, 0.1) is 18.6 Å². The number of nitrogens with one attached hydrogen (secondary N) is 2. The summed E-state index contributed by atoms with van der Waals surface area (Å²) in [4.78, 5) is 18.6. The number of carbonyl (C=O) groups is 1. The molecule has 0 saturated heterocycles. The first kappa shape index (κ1) is 20.7. The highest BCUT2D eigenvalue weighted by molar-refractivity contribution is 7.90. The van der Waals surface area contributed by atoms with Crippen molar-refractivity contribution in [2.75, 3.05) is 7.11 Å². The van der Waals surface area contributed by atoms with Crippen molar-refractivity contribution < 1.29 is 26.7 Å². The van der Waals surface area contributed by atoms with Gasteiger partial charge in [0.05, 0.1) is 17.7 Å².